The molecule has 0 radical (unpaired) electrons. The van der Waals surface area contributed by atoms with Gasteiger partial charge in [0.05, 0.1) is 17.6 Å². The van der Waals surface area contributed by atoms with Crippen molar-refractivity contribution in [3.63, 3.8) is 0 Å². The predicted octanol–water partition coefficient (Wildman–Crippen LogP) is 2.69. The standard InChI is InChI=1S/C14H26N4/c1-5-7-18(8-6-2)13-10-16-14(11(3)4)17-12(13)9-15/h10-11H,5-9,15H2,1-4H3. The first kappa shape index (κ1) is 14.9. The molecule has 0 amide bonds. The summed E-state index contributed by atoms with van der Waals surface area (Å²) in [6, 6.07) is 0. The Bertz CT molecular complexity index is 357. The van der Waals surface area contributed by atoms with Crippen molar-refractivity contribution >= 4 is 5.69 Å². The minimum absolute atomic E-state index is 0.343. The summed E-state index contributed by atoms with van der Waals surface area (Å²) in [7, 11) is 0. The highest BCUT2D eigenvalue weighted by molar-refractivity contribution is 5.49. The summed E-state index contributed by atoms with van der Waals surface area (Å²) in [6.45, 7) is 11.1. The van der Waals surface area contributed by atoms with Crippen LogP contribution in [0.5, 0.6) is 0 Å². The second-order valence-electron chi connectivity index (χ2n) is 4.91. The van der Waals surface area contributed by atoms with Crippen molar-refractivity contribution in [2.45, 2.75) is 53.0 Å². The monoisotopic (exact) mass is 250 g/mol. The molecule has 1 rings (SSSR count). The van der Waals surface area contributed by atoms with E-state index in [0.717, 1.165) is 43.1 Å². The van der Waals surface area contributed by atoms with E-state index in [9.17, 15) is 0 Å². The molecule has 1 aromatic rings. The van der Waals surface area contributed by atoms with Crippen LogP contribution in [0.1, 0.15) is 58.0 Å². The van der Waals surface area contributed by atoms with Gasteiger partial charge >= 0.3 is 0 Å². The Morgan fingerprint density at radius 2 is 1.83 bits per heavy atom. The number of rotatable bonds is 7. The van der Waals surface area contributed by atoms with Crippen LogP contribution >= 0.6 is 0 Å². The van der Waals surface area contributed by atoms with Gasteiger partial charge in [-0.05, 0) is 12.8 Å². The van der Waals surface area contributed by atoms with Gasteiger partial charge in [-0.3, -0.25) is 0 Å². The highest BCUT2D eigenvalue weighted by Crippen LogP contribution is 2.20. The van der Waals surface area contributed by atoms with Crippen LogP contribution in [-0.2, 0) is 6.54 Å². The molecule has 4 heteroatoms. The Morgan fingerprint density at radius 3 is 2.28 bits per heavy atom. The number of nitrogens with two attached hydrogens (primary N) is 1. The summed E-state index contributed by atoms with van der Waals surface area (Å²) >= 11 is 0. The van der Waals surface area contributed by atoms with Gasteiger partial charge in [-0.2, -0.15) is 0 Å². The third kappa shape index (κ3) is 3.67. The molecule has 4 nitrogen and oxygen atoms in total. The summed E-state index contributed by atoms with van der Waals surface area (Å²) in [4.78, 5) is 11.4. The molecule has 0 fully saturated rings. The first-order valence-corrected chi connectivity index (χ1v) is 6.94. The number of hydrogen-bond acceptors (Lipinski definition) is 4. The maximum absolute atomic E-state index is 5.83. The van der Waals surface area contributed by atoms with E-state index in [2.05, 4.69) is 42.6 Å². The van der Waals surface area contributed by atoms with E-state index in [0.29, 0.717) is 12.5 Å². The van der Waals surface area contributed by atoms with E-state index in [-0.39, 0.29) is 0 Å². The molecule has 102 valence electrons. The molecule has 0 aliphatic rings. The van der Waals surface area contributed by atoms with Crippen LogP contribution < -0.4 is 10.6 Å². The van der Waals surface area contributed by atoms with Crippen molar-refractivity contribution in [1.82, 2.24) is 9.97 Å². The Balaban J connectivity index is 3.05. The summed E-state index contributed by atoms with van der Waals surface area (Å²) in [5.74, 6) is 1.22. The molecule has 18 heavy (non-hydrogen) atoms. The summed E-state index contributed by atoms with van der Waals surface area (Å²) < 4.78 is 0. The molecule has 0 unspecified atom stereocenters. The van der Waals surface area contributed by atoms with Gasteiger partial charge in [-0.25, -0.2) is 9.97 Å². The fourth-order valence-electron chi connectivity index (χ4n) is 2.01. The lowest BCUT2D eigenvalue weighted by Crippen LogP contribution is -2.27. The number of anilines is 1. The van der Waals surface area contributed by atoms with E-state index in [1.807, 2.05) is 6.20 Å². The van der Waals surface area contributed by atoms with Crippen LogP contribution in [0.2, 0.25) is 0 Å². The molecule has 0 aromatic carbocycles. The lowest BCUT2D eigenvalue weighted by Gasteiger charge is -2.25. The molecule has 2 N–H and O–H groups in total. The predicted molar refractivity (Wildman–Crippen MR) is 76.8 cm³/mol. The molecule has 0 aliphatic carbocycles. The molecular formula is C14H26N4. The van der Waals surface area contributed by atoms with Gasteiger partial charge in [0.1, 0.15) is 5.82 Å². The van der Waals surface area contributed by atoms with Crippen molar-refractivity contribution in [2.24, 2.45) is 5.73 Å². The van der Waals surface area contributed by atoms with Gasteiger partial charge in [0.15, 0.2) is 0 Å². The van der Waals surface area contributed by atoms with Crippen molar-refractivity contribution in [2.75, 3.05) is 18.0 Å². The molecule has 0 aliphatic heterocycles. The smallest absolute Gasteiger partial charge is 0.131 e. The Morgan fingerprint density at radius 1 is 1.22 bits per heavy atom. The van der Waals surface area contributed by atoms with Crippen LogP contribution in [-0.4, -0.2) is 23.1 Å². The molecule has 0 spiro atoms. The van der Waals surface area contributed by atoms with Crippen LogP contribution in [0.25, 0.3) is 0 Å². The highest BCUT2D eigenvalue weighted by atomic mass is 15.1. The van der Waals surface area contributed by atoms with E-state index in [4.69, 9.17) is 5.73 Å². The number of nitrogens with zero attached hydrogens (tertiary/aromatic N) is 3. The second kappa shape index (κ2) is 7.31. The molecular weight excluding hydrogens is 224 g/mol. The molecule has 0 saturated carbocycles. The van der Waals surface area contributed by atoms with E-state index in [1.54, 1.807) is 0 Å². The summed E-state index contributed by atoms with van der Waals surface area (Å²) in [5.41, 5.74) is 7.90. The highest BCUT2D eigenvalue weighted by Gasteiger charge is 2.13. The van der Waals surface area contributed by atoms with Gasteiger partial charge in [0, 0.05) is 25.6 Å². The third-order valence-electron chi connectivity index (χ3n) is 2.90. The Labute approximate surface area is 111 Å². The first-order chi connectivity index (χ1) is 8.63. The zero-order valence-electron chi connectivity index (χ0n) is 12.1. The maximum atomic E-state index is 5.83. The van der Waals surface area contributed by atoms with Gasteiger partial charge in [0.2, 0.25) is 0 Å². The zero-order valence-corrected chi connectivity index (χ0v) is 12.1. The fraction of sp³-hybridized carbons (Fsp3) is 0.714. The zero-order chi connectivity index (χ0) is 13.5. The molecule has 0 atom stereocenters. The lowest BCUT2D eigenvalue weighted by molar-refractivity contribution is 0.714. The van der Waals surface area contributed by atoms with Crippen molar-refractivity contribution < 1.29 is 0 Å². The van der Waals surface area contributed by atoms with Gasteiger partial charge in [0.25, 0.3) is 0 Å². The fourth-order valence-corrected chi connectivity index (χ4v) is 2.01. The largest absolute Gasteiger partial charge is 0.369 e. The normalized spacial score (nSPS) is 11.0. The van der Waals surface area contributed by atoms with Crippen LogP contribution in [0.3, 0.4) is 0 Å². The van der Waals surface area contributed by atoms with Gasteiger partial charge in [-0.15, -0.1) is 0 Å². The quantitative estimate of drug-likeness (QED) is 0.808. The van der Waals surface area contributed by atoms with E-state index in [1.165, 1.54) is 0 Å². The molecule has 0 bridgehead atoms. The molecule has 1 aromatic heterocycles. The van der Waals surface area contributed by atoms with Crippen molar-refractivity contribution in [1.29, 1.82) is 0 Å². The molecule has 1 heterocycles. The number of hydrogen-bond donors (Lipinski definition) is 1. The van der Waals surface area contributed by atoms with Crippen LogP contribution in [0.4, 0.5) is 5.69 Å². The first-order valence-electron chi connectivity index (χ1n) is 6.94. The van der Waals surface area contributed by atoms with Crippen molar-refractivity contribution in [3.05, 3.63) is 17.7 Å². The lowest BCUT2D eigenvalue weighted by atomic mass is 10.2. The average Bonchev–Trinajstić information content (AvgIpc) is 2.37. The van der Waals surface area contributed by atoms with Crippen LogP contribution in [0.15, 0.2) is 6.20 Å². The summed E-state index contributed by atoms with van der Waals surface area (Å²) in [6.07, 6.45) is 4.18. The van der Waals surface area contributed by atoms with E-state index < -0.39 is 0 Å². The SMILES string of the molecule is CCCN(CCC)c1cnc(C(C)C)nc1CN. The average molecular weight is 250 g/mol. The van der Waals surface area contributed by atoms with E-state index >= 15 is 0 Å². The van der Waals surface area contributed by atoms with Crippen molar-refractivity contribution in [3.8, 4) is 0 Å². The third-order valence-corrected chi connectivity index (χ3v) is 2.90. The maximum Gasteiger partial charge on any atom is 0.131 e. The Hall–Kier alpha value is -1.16. The Kier molecular flexibility index (Phi) is 6.05. The minimum Gasteiger partial charge on any atom is -0.369 e. The second-order valence-corrected chi connectivity index (χ2v) is 4.91. The number of aromatic nitrogens is 2. The minimum atomic E-state index is 0.343. The van der Waals surface area contributed by atoms with Gasteiger partial charge in [-0.1, -0.05) is 27.7 Å². The molecule has 0 saturated heterocycles. The van der Waals surface area contributed by atoms with Crippen LogP contribution in [0, 0.1) is 0 Å². The topological polar surface area (TPSA) is 55.0 Å². The van der Waals surface area contributed by atoms with Gasteiger partial charge < -0.3 is 10.6 Å². The summed E-state index contributed by atoms with van der Waals surface area (Å²) in [5, 5.41) is 0.